The van der Waals surface area contributed by atoms with Crippen LogP contribution < -0.4 is 20.7 Å². The Kier molecular flexibility index (Phi) is 6.94. The molecule has 3 aromatic heterocycles. The maximum absolute atomic E-state index is 12.6. The summed E-state index contributed by atoms with van der Waals surface area (Å²) in [5.74, 6) is 0.750. The first-order valence-electron chi connectivity index (χ1n) is 13.1. The zero-order valence-electron chi connectivity index (χ0n) is 21.4. The van der Waals surface area contributed by atoms with Crippen molar-refractivity contribution in [3.05, 3.63) is 34.9 Å². The average Bonchev–Trinajstić information content (AvgIpc) is 3.19. The van der Waals surface area contributed by atoms with Gasteiger partial charge in [-0.1, -0.05) is 26.7 Å². The lowest BCUT2D eigenvalue weighted by molar-refractivity contribution is -0.146. The summed E-state index contributed by atoms with van der Waals surface area (Å²) in [4.78, 5) is 42.5. The van der Waals surface area contributed by atoms with Crippen LogP contribution >= 0.6 is 0 Å². The molecule has 0 aromatic carbocycles. The molecule has 1 atom stereocenters. The number of carboxylic acids is 1. The number of carbonyl (C=O) groups is 1. The smallest absolute Gasteiger partial charge is 0.306 e. The van der Waals surface area contributed by atoms with Crippen LogP contribution in [0.5, 0.6) is 0 Å². The number of aromatic nitrogens is 5. The number of rotatable bonds is 6. The molecule has 5 heterocycles. The van der Waals surface area contributed by atoms with Gasteiger partial charge in [0, 0.05) is 26.2 Å². The first-order chi connectivity index (χ1) is 17.8. The quantitative estimate of drug-likeness (QED) is 0.454. The number of H-pyrrole nitrogens is 1. The highest BCUT2D eigenvalue weighted by atomic mass is 16.4. The summed E-state index contributed by atoms with van der Waals surface area (Å²) in [6, 6.07) is 3.86. The maximum Gasteiger partial charge on any atom is 0.306 e. The fourth-order valence-electron chi connectivity index (χ4n) is 5.26. The monoisotopic (exact) mass is 506 g/mol. The van der Waals surface area contributed by atoms with Gasteiger partial charge in [0.2, 0.25) is 5.95 Å². The number of nitrogens with zero attached hydrogens (tertiary/aromatic N) is 6. The molecule has 0 radical (unpaired) electrons. The van der Waals surface area contributed by atoms with E-state index in [0.29, 0.717) is 28.4 Å². The Hall–Kier alpha value is -3.76. The molecule has 196 valence electrons. The molecule has 0 bridgehead atoms. The minimum absolute atomic E-state index is 0.217. The second-order valence-electron chi connectivity index (χ2n) is 10.5. The summed E-state index contributed by atoms with van der Waals surface area (Å²) in [5.41, 5.74) is 0.643. The van der Waals surface area contributed by atoms with E-state index in [4.69, 9.17) is 4.98 Å². The Morgan fingerprint density at radius 2 is 1.78 bits per heavy atom. The number of aromatic amines is 1. The van der Waals surface area contributed by atoms with Crippen LogP contribution in [0.4, 0.5) is 23.3 Å². The average molecular weight is 507 g/mol. The summed E-state index contributed by atoms with van der Waals surface area (Å²) in [7, 11) is 0. The van der Waals surface area contributed by atoms with Gasteiger partial charge in [0.05, 0.1) is 24.0 Å². The number of carboxylic acid groups (broad SMARTS) is 1. The number of hydrogen-bond acceptors (Lipinski definition) is 9. The van der Waals surface area contributed by atoms with E-state index in [1.807, 2.05) is 12.1 Å². The predicted octanol–water partition coefficient (Wildman–Crippen LogP) is 3.56. The summed E-state index contributed by atoms with van der Waals surface area (Å²) < 4.78 is 0. The molecular weight excluding hydrogens is 472 g/mol. The molecule has 2 saturated heterocycles. The lowest BCUT2D eigenvalue weighted by Gasteiger charge is -2.42. The summed E-state index contributed by atoms with van der Waals surface area (Å²) in [6.07, 6.45) is 9.46. The third kappa shape index (κ3) is 5.21. The first-order valence-corrected chi connectivity index (χ1v) is 13.1. The molecule has 3 N–H and O–H groups in total. The minimum Gasteiger partial charge on any atom is -0.481 e. The molecule has 11 nitrogen and oxygen atoms in total. The van der Waals surface area contributed by atoms with Gasteiger partial charge < -0.3 is 20.2 Å². The number of aliphatic carboxylic acids is 1. The molecule has 0 saturated carbocycles. The van der Waals surface area contributed by atoms with Crippen LogP contribution in [0.2, 0.25) is 0 Å². The van der Waals surface area contributed by atoms with E-state index < -0.39 is 5.97 Å². The molecule has 0 spiro atoms. The molecule has 2 aliphatic rings. The third-order valence-corrected chi connectivity index (χ3v) is 8.05. The number of hydrogen-bond donors (Lipinski definition) is 3. The fourth-order valence-corrected chi connectivity index (χ4v) is 5.26. The lowest BCUT2D eigenvalue weighted by atomic mass is 9.71. The van der Waals surface area contributed by atoms with Crippen molar-refractivity contribution >= 4 is 40.1 Å². The summed E-state index contributed by atoms with van der Waals surface area (Å²) in [5, 5.41) is 19.5. The van der Waals surface area contributed by atoms with Crippen molar-refractivity contribution in [3.63, 3.8) is 0 Å². The van der Waals surface area contributed by atoms with Crippen LogP contribution in [0.1, 0.15) is 52.4 Å². The van der Waals surface area contributed by atoms with Crippen molar-refractivity contribution in [2.75, 3.05) is 41.3 Å². The van der Waals surface area contributed by atoms with Gasteiger partial charge in [-0.25, -0.2) is 15.1 Å². The van der Waals surface area contributed by atoms with Crippen LogP contribution in [-0.4, -0.2) is 62.4 Å². The highest BCUT2D eigenvalue weighted by Crippen LogP contribution is 2.39. The Balaban J connectivity index is 1.36. The van der Waals surface area contributed by atoms with Crippen molar-refractivity contribution in [2.45, 2.75) is 52.4 Å². The van der Waals surface area contributed by atoms with E-state index in [1.54, 1.807) is 19.3 Å². The first kappa shape index (κ1) is 24.9. The van der Waals surface area contributed by atoms with Crippen molar-refractivity contribution in [1.82, 2.24) is 25.1 Å². The second-order valence-corrected chi connectivity index (χ2v) is 10.5. The zero-order valence-corrected chi connectivity index (χ0v) is 21.4. The highest BCUT2D eigenvalue weighted by Gasteiger charge is 2.38. The van der Waals surface area contributed by atoms with E-state index in [2.05, 4.69) is 42.2 Å². The predicted molar refractivity (Wildman–Crippen MR) is 143 cm³/mol. The molecule has 5 rings (SSSR count). The van der Waals surface area contributed by atoms with Gasteiger partial charge in [0.1, 0.15) is 22.5 Å². The number of anilines is 4. The van der Waals surface area contributed by atoms with E-state index in [-0.39, 0.29) is 16.9 Å². The Morgan fingerprint density at radius 3 is 2.43 bits per heavy atom. The van der Waals surface area contributed by atoms with Crippen LogP contribution in [0.25, 0.3) is 10.9 Å². The van der Waals surface area contributed by atoms with Crippen molar-refractivity contribution < 1.29 is 9.90 Å². The van der Waals surface area contributed by atoms with Gasteiger partial charge >= 0.3 is 5.97 Å². The number of pyridine rings is 1. The SMILES string of the molecule is CC(C(=O)O)C1(C)CCN(c2ccc(Nc3nc(N4CCCCCC4)nc4cn[nH]c(=O)c34)cn2)CC1. The van der Waals surface area contributed by atoms with E-state index >= 15 is 0 Å². The normalized spacial score (nSPS) is 18.9. The number of piperidine rings is 1. The van der Waals surface area contributed by atoms with E-state index in [1.165, 1.54) is 12.8 Å². The van der Waals surface area contributed by atoms with Crippen molar-refractivity contribution in [2.24, 2.45) is 11.3 Å². The molecular formula is C26H34N8O3. The van der Waals surface area contributed by atoms with Crippen LogP contribution in [-0.2, 0) is 4.79 Å². The number of nitrogens with one attached hydrogen (secondary N) is 2. The van der Waals surface area contributed by atoms with E-state index in [0.717, 1.165) is 57.7 Å². The summed E-state index contributed by atoms with van der Waals surface area (Å²) in [6.45, 7) is 7.15. The molecule has 11 heteroatoms. The maximum atomic E-state index is 12.6. The highest BCUT2D eigenvalue weighted by molar-refractivity contribution is 5.90. The fraction of sp³-hybridized carbons (Fsp3) is 0.538. The van der Waals surface area contributed by atoms with Gasteiger partial charge in [-0.2, -0.15) is 10.1 Å². The number of fused-ring (bicyclic) bond motifs is 1. The molecule has 37 heavy (non-hydrogen) atoms. The van der Waals surface area contributed by atoms with Gasteiger partial charge in [-0.05, 0) is 43.2 Å². The Labute approximate surface area is 215 Å². The summed E-state index contributed by atoms with van der Waals surface area (Å²) >= 11 is 0. The second kappa shape index (κ2) is 10.3. The standard InChI is InChI=1S/C26H34N8O3/c1-17(24(36)37)26(2)9-13-33(14-10-26)20-8-7-18(15-27-20)29-22-21-19(16-28-32-23(21)35)30-25(31-22)34-11-5-3-4-6-12-34/h7-8,15-17H,3-6,9-14H2,1-2H3,(H,32,35)(H,36,37)(H,29,30,31). The molecule has 2 fully saturated rings. The molecule has 0 amide bonds. The van der Waals surface area contributed by atoms with Crippen molar-refractivity contribution in [1.29, 1.82) is 0 Å². The molecule has 2 aliphatic heterocycles. The Morgan fingerprint density at radius 1 is 1.05 bits per heavy atom. The van der Waals surface area contributed by atoms with Gasteiger partial charge in [-0.3, -0.25) is 9.59 Å². The van der Waals surface area contributed by atoms with Crippen LogP contribution in [0.15, 0.2) is 29.3 Å². The molecule has 0 aliphatic carbocycles. The van der Waals surface area contributed by atoms with E-state index in [9.17, 15) is 14.7 Å². The zero-order chi connectivity index (χ0) is 26.0. The lowest BCUT2D eigenvalue weighted by Crippen LogP contribution is -2.44. The largest absolute Gasteiger partial charge is 0.481 e. The van der Waals surface area contributed by atoms with Crippen molar-refractivity contribution in [3.8, 4) is 0 Å². The van der Waals surface area contributed by atoms with Gasteiger partial charge in [-0.15, -0.1) is 0 Å². The topological polar surface area (TPSA) is 140 Å². The Bertz CT molecular complexity index is 1310. The van der Waals surface area contributed by atoms with Crippen LogP contribution in [0, 0.1) is 11.3 Å². The van der Waals surface area contributed by atoms with Gasteiger partial charge in [0.25, 0.3) is 5.56 Å². The van der Waals surface area contributed by atoms with Gasteiger partial charge in [0.15, 0.2) is 0 Å². The molecule has 1 unspecified atom stereocenters. The van der Waals surface area contributed by atoms with Crippen LogP contribution in [0.3, 0.4) is 0 Å². The minimum atomic E-state index is -0.740. The third-order valence-electron chi connectivity index (χ3n) is 8.05. The molecule has 3 aromatic rings.